The summed E-state index contributed by atoms with van der Waals surface area (Å²) in [6.45, 7) is 0. The second kappa shape index (κ2) is 14.3. The van der Waals surface area contributed by atoms with E-state index in [-0.39, 0.29) is 0 Å². The van der Waals surface area contributed by atoms with Crippen LogP contribution in [0.2, 0.25) is 0 Å². The van der Waals surface area contributed by atoms with Crippen molar-refractivity contribution in [3.05, 3.63) is 293 Å². The first-order chi connectivity index (χ1) is 34.2. The van der Waals surface area contributed by atoms with E-state index in [1.807, 2.05) is 0 Å². The topological polar surface area (TPSA) is 26.0 Å². The smallest absolute Gasteiger partial charge is 0.135 e. The van der Waals surface area contributed by atoms with Crippen LogP contribution in [0.1, 0.15) is 44.5 Å². The van der Waals surface area contributed by atoms with Gasteiger partial charge in [0.25, 0.3) is 0 Å². The maximum atomic E-state index is 6.79. The van der Waals surface area contributed by atoms with E-state index >= 15 is 0 Å². The average molecular weight is 876 g/mol. The monoisotopic (exact) mass is 875 g/mol. The van der Waals surface area contributed by atoms with Crippen molar-refractivity contribution >= 4 is 21.9 Å². The van der Waals surface area contributed by atoms with E-state index < -0.39 is 10.8 Å². The number of rotatable bonds is 4. The molecule has 0 atom stereocenters. The van der Waals surface area contributed by atoms with Crippen LogP contribution in [-0.2, 0) is 10.8 Å². The summed E-state index contributed by atoms with van der Waals surface area (Å²) < 4.78 is 6.79. The summed E-state index contributed by atoms with van der Waals surface area (Å²) in [5.41, 5.74) is 24.9. The molecule has 2 aromatic heterocycles. The Labute approximate surface area is 400 Å². The van der Waals surface area contributed by atoms with Gasteiger partial charge in [0.2, 0.25) is 0 Å². The van der Waals surface area contributed by atoms with Gasteiger partial charge < -0.3 is 4.42 Å². The van der Waals surface area contributed by atoms with Crippen molar-refractivity contribution < 1.29 is 4.42 Å². The minimum Gasteiger partial charge on any atom is -0.456 e. The molecule has 320 valence electrons. The van der Waals surface area contributed by atoms with Gasteiger partial charge in [-0.1, -0.05) is 212 Å². The molecule has 2 nitrogen and oxygen atoms in total. The Morgan fingerprint density at radius 2 is 0.754 bits per heavy atom. The first-order valence-electron chi connectivity index (χ1n) is 23.9. The molecule has 0 fully saturated rings. The maximum absolute atomic E-state index is 6.79. The van der Waals surface area contributed by atoms with Crippen molar-refractivity contribution in [3.63, 3.8) is 0 Å². The van der Waals surface area contributed by atoms with Crippen LogP contribution in [0.4, 0.5) is 0 Å². The van der Waals surface area contributed by atoms with Gasteiger partial charge in [0, 0.05) is 21.9 Å². The summed E-state index contributed by atoms with van der Waals surface area (Å²) in [7, 11) is 0. The molecule has 0 saturated carbocycles. The highest BCUT2D eigenvalue weighted by atomic mass is 16.3. The maximum Gasteiger partial charge on any atom is 0.135 e. The molecular formula is C67H41NO. The standard InChI is InChI=1S/C67H41NO/c1-3-18-42(19-4-1)60-40-47(41-61(68-60)43-20-5-2-6-21-43)45-23-17-22-44(38-45)46-34-36-55-52(39-46)50-35-37-63-64(51-26-9-16-33-62(51)69-63)65(50)67(55)58-31-14-12-29-56(58)66(57-30-13-15-32-59(57)67)53-27-10-7-24-48(53)49-25-8-11-28-54(49)66/h1-41H. The van der Waals surface area contributed by atoms with Gasteiger partial charge in [-0.05, 0) is 125 Å². The van der Waals surface area contributed by atoms with Crippen molar-refractivity contribution in [1.82, 2.24) is 4.98 Å². The van der Waals surface area contributed by atoms with Gasteiger partial charge in [-0.15, -0.1) is 0 Å². The molecule has 0 radical (unpaired) electrons. The van der Waals surface area contributed by atoms with Gasteiger partial charge in [-0.25, -0.2) is 4.98 Å². The number of hydrogen-bond acceptors (Lipinski definition) is 2. The van der Waals surface area contributed by atoms with E-state index in [9.17, 15) is 0 Å². The molecule has 3 aliphatic rings. The number of nitrogens with zero attached hydrogens (tertiary/aromatic N) is 1. The first kappa shape index (κ1) is 38.3. The number of hydrogen-bond donors (Lipinski definition) is 0. The Bertz CT molecular complexity index is 3930. The summed E-state index contributed by atoms with van der Waals surface area (Å²) in [6, 6.07) is 91.8. The highest BCUT2D eigenvalue weighted by Gasteiger charge is 2.59. The molecule has 0 amide bonds. The summed E-state index contributed by atoms with van der Waals surface area (Å²) >= 11 is 0. The second-order valence-corrected chi connectivity index (χ2v) is 18.8. The molecule has 0 unspecified atom stereocenters. The van der Waals surface area contributed by atoms with Gasteiger partial charge in [0.15, 0.2) is 0 Å². The predicted octanol–water partition coefficient (Wildman–Crippen LogP) is 16.7. The minimum absolute atomic E-state index is 0.519. The van der Waals surface area contributed by atoms with Crippen LogP contribution in [0.5, 0.6) is 0 Å². The van der Waals surface area contributed by atoms with Crippen LogP contribution in [0, 0.1) is 0 Å². The van der Waals surface area contributed by atoms with E-state index in [1.165, 1.54) is 77.7 Å². The molecule has 10 aromatic carbocycles. The molecule has 12 aromatic rings. The lowest BCUT2D eigenvalue weighted by molar-refractivity contribution is 0.634. The Morgan fingerprint density at radius 1 is 0.275 bits per heavy atom. The van der Waals surface area contributed by atoms with Crippen molar-refractivity contribution in [2.45, 2.75) is 10.8 Å². The lowest BCUT2D eigenvalue weighted by atomic mass is 9.52. The van der Waals surface area contributed by atoms with Gasteiger partial charge in [-0.3, -0.25) is 0 Å². The quantitative estimate of drug-likeness (QED) is 0.176. The molecule has 2 heteroatoms. The lowest BCUT2D eigenvalue weighted by Crippen LogP contribution is -2.43. The fourth-order valence-electron chi connectivity index (χ4n) is 12.9. The molecule has 0 saturated heterocycles. The fraction of sp³-hybridized carbons (Fsp3) is 0.0299. The predicted molar refractivity (Wildman–Crippen MR) is 281 cm³/mol. The molecule has 0 N–H and O–H groups in total. The van der Waals surface area contributed by atoms with Crippen molar-refractivity contribution in [2.75, 3.05) is 0 Å². The Hall–Kier alpha value is -8.85. The third-order valence-electron chi connectivity index (χ3n) is 15.5. The average Bonchev–Trinajstić information content (AvgIpc) is 4.05. The largest absolute Gasteiger partial charge is 0.456 e. The Kier molecular flexibility index (Phi) is 7.95. The third kappa shape index (κ3) is 5.13. The zero-order chi connectivity index (χ0) is 45.3. The van der Waals surface area contributed by atoms with Crippen molar-refractivity contribution in [2.24, 2.45) is 0 Å². The normalized spacial score (nSPS) is 14.0. The highest BCUT2D eigenvalue weighted by molar-refractivity contribution is 6.13. The van der Waals surface area contributed by atoms with Gasteiger partial charge in [0.1, 0.15) is 11.2 Å². The summed E-state index contributed by atoms with van der Waals surface area (Å²) in [6.07, 6.45) is 0. The molecular weight excluding hydrogens is 835 g/mol. The van der Waals surface area contributed by atoms with E-state index in [2.05, 4.69) is 249 Å². The lowest BCUT2D eigenvalue weighted by Gasteiger charge is -2.49. The zero-order valence-electron chi connectivity index (χ0n) is 37.5. The molecule has 2 spiro atoms. The SMILES string of the molecule is c1ccc(-c2cc(-c3cccc(-c4ccc5c(c4)-c4ccc6oc7ccccc7c6c4C54c5ccccc5C5(c6ccccc6-c6ccccc65)c5ccccc54)c3)cc(-c3ccccc3)n2)cc1. The van der Waals surface area contributed by atoms with Crippen LogP contribution in [0.25, 0.3) is 89.0 Å². The number of para-hydroxylation sites is 1. The highest BCUT2D eigenvalue weighted by Crippen LogP contribution is 2.68. The number of benzene rings is 10. The van der Waals surface area contributed by atoms with Crippen LogP contribution in [0.3, 0.4) is 0 Å². The van der Waals surface area contributed by atoms with Crippen LogP contribution < -0.4 is 0 Å². The van der Waals surface area contributed by atoms with Gasteiger partial charge >= 0.3 is 0 Å². The van der Waals surface area contributed by atoms with E-state index in [0.29, 0.717) is 0 Å². The molecule has 0 bridgehead atoms. The van der Waals surface area contributed by atoms with Crippen molar-refractivity contribution in [1.29, 1.82) is 0 Å². The summed E-state index contributed by atoms with van der Waals surface area (Å²) in [4.78, 5) is 5.19. The van der Waals surface area contributed by atoms with Crippen LogP contribution in [-0.4, -0.2) is 4.98 Å². The number of aromatic nitrogens is 1. The molecule has 3 aliphatic carbocycles. The number of pyridine rings is 1. The third-order valence-corrected chi connectivity index (χ3v) is 15.5. The van der Waals surface area contributed by atoms with E-state index in [0.717, 1.165) is 55.8 Å². The van der Waals surface area contributed by atoms with E-state index in [4.69, 9.17) is 9.40 Å². The Morgan fingerprint density at radius 3 is 1.38 bits per heavy atom. The summed E-state index contributed by atoms with van der Waals surface area (Å²) in [5.74, 6) is 0. The van der Waals surface area contributed by atoms with Gasteiger partial charge in [0.05, 0.1) is 22.2 Å². The summed E-state index contributed by atoms with van der Waals surface area (Å²) in [5, 5.41) is 2.31. The number of fused-ring (bicyclic) bond motifs is 20. The fourth-order valence-corrected chi connectivity index (χ4v) is 12.9. The number of furan rings is 1. The van der Waals surface area contributed by atoms with E-state index in [1.54, 1.807) is 0 Å². The molecule has 15 rings (SSSR count). The van der Waals surface area contributed by atoms with Crippen LogP contribution >= 0.6 is 0 Å². The Balaban J connectivity index is 0.991. The second-order valence-electron chi connectivity index (χ2n) is 18.8. The van der Waals surface area contributed by atoms with Crippen molar-refractivity contribution in [3.8, 4) is 67.0 Å². The molecule has 2 heterocycles. The van der Waals surface area contributed by atoms with Crippen LogP contribution in [0.15, 0.2) is 253 Å². The molecule has 0 aliphatic heterocycles. The minimum atomic E-state index is -0.666. The first-order valence-corrected chi connectivity index (χ1v) is 23.9. The zero-order valence-corrected chi connectivity index (χ0v) is 37.5. The van der Waals surface area contributed by atoms with Gasteiger partial charge in [-0.2, -0.15) is 0 Å². The molecule has 69 heavy (non-hydrogen) atoms.